The molecule has 0 aliphatic carbocycles. The van der Waals surface area contributed by atoms with E-state index in [1.165, 1.54) is 6.92 Å². The summed E-state index contributed by atoms with van der Waals surface area (Å²) in [5.74, 6) is -0.375. The molecule has 1 aromatic carbocycles. The minimum atomic E-state index is -0.226. The smallest absolute Gasteiger partial charge is 0.259 e. The number of amides is 2. The molecule has 0 aliphatic heterocycles. The van der Waals surface area contributed by atoms with Crippen LogP contribution in [0, 0.1) is 20.8 Å². The summed E-state index contributed by atoms with van der Waals surface area (Å²) in [6, 6.07) is 5.37. The van der Waals surface area contributed by atoms with Gasteiger partial charge in [0.15, 0.2) is 0 Å². The van der Waals surface area contributed by atoms with E-state index in [9.17, 15) is 9.59 Å². The van der Waals surface area contributed by atoms with Crippen LogP contribution in [0.25, 0.3) is 0 Å². The predicted molar refractivity (Wildman–Crippen MR) is 81.5 cm³/mol. The van der Waals surface area contributed by atoms with Crippen LogP contribution in [0.15, 0.2) is 18.2 Å². The Balaban J connectivity index is 2.24. The molecule has 0 aliphatic rings. The minimum Gasteiger partial charge on any atom is -0.326 e. The fraction of sp³-hybridized carbons (Fsp3) is 0.267. The third kappa shape index (κ3) is 3.28. The number of aromatic amines is 1. The lowest BCUT2D eigenvalue weighted by Crippen LogP contribution is -2.14. The second-order valence-electron chi connectivity index (χ2n) is 4.97. The monoisotopic (exact) mass is 286 g/mol. The Morgan fingerprint density at radius 1 is 1.14 bits per heavy atom. The molecule has 21 heavy (non-hydrogen) atoms. The number of rotatable bonds is 3. The highest BCUT2D eigenvalue weighted by molar-refractivity contribution is 6.06. The molecule has 0 unspecified atom stereocenters. The van der Waals surface area contributed by atoms with Crippen molar-refractivity contribution in [3.8, 4) is 0 Å². The molecule has 0 radical (unpaired) electrons. The summed E-state index contributed by atoms with van der Waals surface area (Å²) < 4.78 is 0. The van der Waals surface area contributed by atoms with Crippen molar-refractivity contribution < 1.29 is 9.59 Å². The Morgan fingerprint density at radius 2 is 1.86 bits per heavy atom. The Bertz CT molecular complexity index is 684. The van der Waals surface area contributed by atoms with Crippen molar-refractivity contribution in [2.45, 2.75) is 27.7 Å². The maximum absolute atomic E-state index is 12.3. The van der Waals surface area contributed by atoms with Gasteiger partial charge >= 0.3 is 0 Å². The SMILES string of the molecule is CC(=O)Nc1cc(NC(=O)c2c(C)n[nH]c2C)ccc1C. The Labute approximate surface area is 122 Å². The van der Waals surface area contributed by atoms with Gasteiger partial charge in [-0.15, -0.1) is 0 Å². The van der Waals surface area contributed by atoms with E-state index in [1.54, 1.807) is 26.0 Å². The van der Waals surface area contributed by atoms with Crippen molar-refractivity contribution in [1.29, 1.82) is 0 Å². The lowest BCUT2D eigenvalue weighted by atomic mass is 10.1. The molecular weight excluding hydrogens is 268 g/mol. The van der Waals surface area contributed by atoms with Gasteiger partial charge in [0.1, 0.15) is 0 Å². The molecule has 2 amide bonds. The number of benzene rings is 1. The lowest BCUT2D eigenvalue weighted by molar-refractivity contribution is -0.114. The van der Waals surface area contributed by atoms with E-state index >= 15 is 0 Å². The summed E-state index contributed by atoms with van der Waals surface area (Å²) in [6.45, 7) is 6.91. The van der Waals surface area contributed by atoms with E-state index < -0.39 is 0 Å². The van der Waals surface area contributed by atoms with E-state index in [1.807, 2.05) is 13.0 Å². The molecule has 2 aromatic rings. The van der Waals surface area contributed by atoms with Crippen molar-refractivity contribution in [3.05, 3.63) is 40.7 Å². The molecule has 0 atom stereocenters. The van der Waals surface area contributed by atoms with Crippen molar-refractivity contribution >= 4 is 23.2 Å². The highest BCUT2D eigenvalue weighted by Gasteiger charge is 2.15. The second-order valence-corrected chi connectivity index (χ2v) is 4.97. The maximum atomic E-state index is 12.3. The molecule has 0 saturated carbocycles. The van der Waals surface area contributed by atoms with E-state index in [0.717, 1.165) is 11.3 Å². The Morgan fingerprint density at radius 3 is 2.43 bits per heavy atom. The third-order valence-electron chi connectivity index (χ3n) is 3.16. The fourth-order valence-corrected chi connectivity index (χ4v) is 2.10. The first-order valence-corrected chi connectivity index (χ1v) is 6.59. The first-order valence-electron chi connectivity index (χ1n) is 6.59. The molecule has 1 heterocycles. The van der Waals surface area contributed by atoms with Crippen LogP contribution >= 0.6 is 0 Å². The number of nitrogens with zero attached hydrogens (tertiary/aromatic N) is 1. The summed E-state index contributed by atoms with van der Waals surface area (Å²) in [5, 5.41) is 12.3. The van der Waals surface area contributed by atoms with E-state index in [-0.39, 0.29) is 11.8 Å². The summed E-state index contributed by atoms with van der Waals surface area (Å²) in [7, 11) is 0. The van der Waals surface area contributed by atoms with Crippen LogP contribution in [0.1, 0.15) is 34.2 Å². The summed E-state index contributed by atoms with van der Waals surface area (Å²) in [4.78, 5) is 23.4. The van der Waals surface area contributed by atoms with Crippen LogP contribution in [-0.2, 0) is 4.79 Å². The van der Waals surface area contributed by atoms with E-state index in [0.29, 0.717) is 22.6 Å². The summed E-state index contributed by atoms with van der Waals surface area (Å²) in [6.07, 6.45) is 0. The van der Waals surface area contributed by atoms with Crippen molar-refractivity contribution in [3.63, 3.8) is 0 Å². The summed E-state index contributed by atoms with van der Waals surface area (Å²) in [5.41, 5.74) is 4.14. The molecule has 2 rings (SSSR count). The third-order valence-corrected chi connectivity index (χ3v) is 3.16. The number of nitrogens with one attached hydrogen (secondary N) is 3. The van der Waals surface area contributed by atoms with Gasteiger partial charge in [-0.3, -0.25) is 14.7 Å². The van der Waals surface area contributed by atoms with Gasteiger partial charge < -0.3 is 10.6 Å². The average molecular weight is 286 g/mol. The Hall–Kier alpha value is -2.63. The van der Waals surface area contributed by atoms with Crippen molar-refractivity contribution in [2.24, 2.45) is 0 Å². The first kappa shape index (κ1) is 14.8. The maximum Gasteiger partial charge on any atom is 0.259 e. The Kier molecular flexibility index (Phi) is 4.07. The van der Waals surface area contributed by atoms with Gasteiger partial charge in [0.05, 0.1) is 11.3 Å². The molecule has 0 saturated heterocycles. The van der Waals surface area contributed by atoms with Gasteiger partial charge in [0, 0.05) is 24.0 Å². The number of carbonyl (C=O) groups is 2. The standard InChI is InChI=1S/C15H18N4O2/c1-8-5-6-12(7-13(8)16-11(4)20)17-15(21)14-9(2)18-19-10(14)3/h5-7H,1-4H3,(H,16,20)(H,17,21)(H,18,19). The zero-order chi connectivity index (χ0) is 15.6. The van der Waals surface area contributed by atoms with Crippen molar-refractivity contribution in [2.75, 3.05) is 10.6 Å². The molecule has 3 N–H and O–H groups in total. The predicted octanol–water partition coefficient (Wildman–Crippen LogP) is 2.55. The van der Waals surface area contributed by atoms with Crippen LogP contribution in [0.2, 0.25) is 0 Å². The summed E-state index contributed by atoms with van der Waals surface area (Å²) >= 11 is 0. The zero-order valence-corrected chi connectivity index (χ0v) is 12.5. The highest BCUT2D eigenvalue weighted by atomic mass is 16.2. The largest absolute Gasteiger partial charge is 0.326 e. The molecule has 6 nitrogen and oxygen atoms in total. The topological polar surface area (TPSA) is 86.9 Å². The van der Waals surface area contributed by atoms with Crippen LogP contribution in [-0.4, -0.2) is 22.0 Å². The molecule has 6 heteroatoms. The number of anilines is 2. The molecule has 0 bridgehead atoms. The van der Waals surface area contributed by atoms with Crippen LogP contribution in [0.4, 0.5) is 11.4 Å². The van der Waals surface area contributed by atoms with Gasteiger partial charge in [0.2, 0.25) is 5.91 Å². The van der Waals surface area contributed by atoms with Gasteiger partial charge in [0.25, 0.3) is 5.91 Å². The average Bonchev–Trinajstić information content (AvgIpc) is 2.72. The van der Waals surface area contributed by atoms with Crippen LogP contribution in [0.5, 0.6) is 0 Å². The normalized spacial score (nSPS) is 10.3. The van der Waals surface area contributed by atoms with Gasteiger partial charge in [-0.25, -0.2) is 0 Å². The molecule has 0 fully saturated rings. The number of aromatic nitrogens is 2. The van der Waals surface area contributed by atoms with E-state index in [2.05, 4.69) is 20.8 Å². The fourth-order valence-electron chi connectivity index (χ4n) is 2.10. The van der Waals surface area contributed by atoms with Crippen LogP contribution < -0.4 is 10.6 Å². The van der Waals surface area contributed by atoms with E-state index in [4.69, 9.17) is 0 Å². The second kappa shape index (κ2) is 5.78. The number of hydrogen-bond acceptors (Lipinski definition) is 3. The number of hydrogen-bond donors (Lipinski definition) is 3. The quantitative estimate of drug-likeness (QED) is 0.810. The number of H-pyrrole nitrogens is 1. The van der Waals surface area contributed by atoms with Crippen molar-refractivity contribution in [1.82, 2.24) is 10.2 Å². The number of aryl methyl sites for hydroxylation is 3. The molecule has 1 aromatic heterocycles. The first-order chi connectivity index (χ1) is 9.88. The lowest BCUT2D eigenvalue weighted by Gasteiger charge is -2.10. The zero-order valence-electron chi connectivity index (χ0n) is 12.5. The van der Waals surface area contributed by atoms with Gasteiger partial charge in [-0.05, 0) is 38.5 Å². The molecular formula is C15H18N4O2. The van der Waals surface area contributed by atoms with Gasteiger partial charge in [-0.2, -0.15) is 5.10 Å². The molecule has 0 spiro atoms. The highest BCUT2D eigenvalue weighted by Crippen LogP contribution is 2.21. The van der Waals surface area contributed by atoms with Gasteiger partial charge in [-0.1, -0.05) is 6.07 Å². The number of carbonyl (C=O) groups excluding carboxylic acids is 2. The molecule has 110 valence electrons. The minimum absolute atomic E-state index is 0.150. The van der Waals surface area contributed by atoms with Crippen LogP contribution in [0.3, 0.4) is 0 Å².